The van der Waals surface area contributed by atoms with Gasteiger partial charge in [-0.3, -0.25) is 4.79 Å². The smallest absolute Gasteiger partial charge is 0.224 e. The summed E-state index contributed by atoms with van der Waals surface area (Å²) in [5.41, 5.74) is 0. The molecule has 2 aliphatic rings. The molecule has 0 aliphatic carbocycles. The monoisotopic (exact) mass is 270 g/mol. The van der Waals surface area contributed by atoms with Gasteiger partial charge in [0.25, 0.3) is 0 Å². The van der Waals surface area contributed by atoms with Gasteiger partial charge in [-0.25, -0.2) is 0 Å². The number of carbonyl (C=O) groups is 1. The molecule has 1 N–H and O–H groups in total. The van der Waals surface area contributed by atoms with Crippen LogP contribution < -0.4 is 5.32 Å². The Morgan fingerprint density at radius 1 is 1.33 bits per heavy atom. The first-order valence-corrected chi connectivity index (χ1v) is 8.47. The Kier molecular flexibility index (Phi) is 5.83. The summed E-state index contributed by atoms with van der Waals surface area (Å²) in [6.45, 7) is 5.26. The van der Waals surface area contributed by atoms with Gasteiger partial charge in [-0.05, 0) is 38.0 Å². The van der Waals surface area contributed by atoms with Crippen molar-refractivity contribution in [2.24, 2.45) is 0 Å². The molecular formula is C14H26N2OS. The molecule has 2 atom stereocenters. The van der Waals surface area contributed by atoms with Crippen LogP contribution in [-0.2, 0) is 4.79 Å². The fourth-order valence-corrected chi connectivity index (χ4v) is 4.06. The molecule has 0 aromatic heterocycles. The third-order valence-electron chi connectivity index (χ3n) is 3.97. The molecule has 18 heavy (non-hydrogen) atoms. The van der Waals surface area contributed by atoms with Gasteiger partial charge in [0, 0.05) is 30.8 Å². The minimum atomic E-state index is 0.373. The number of hydrogen-bond donors (Lipinski definition) is 1. The number of rotatable bonds is 4. The molecule has 104 valence electrons. The molecule has 4 heteroatoms. The molecule has 2 rings (SSSR count). The maximum atomic E-state index is 12.3. The van der Waals surface area contributed by atoms with Crippen LogP contribution in [0.15, 0.2) is 0 Å². The summed E-state index contributed by atoms with van der Waals surface area (Å²) in [6, 6.07) is 0.443. The van der Waals surface area contributed by atoms with Crippen LogP contribution in [0, 0.1) is 0 Å². The molecule has 0 saturated carbocycles. The summed E-state index contributed by atoms with van der Waals surface area (Å²) >= 11 is 2.02. The van der Waals surface area contributed by atoms with Crippen LogP contribution in [-0.4, -0.2) is 47.5 Å². The SMILES string of the molecule is CCSC1CCCCN(C(=O)CC2CCCN2)C1. The zero-order chi connectivity index (χ0) is 12.8. The van der Waals surface area contributed by atoms with Crippen LogP contribution in [0.4, 0.5) is 0 Å². The molecule has 0 aromatic carbocycles. The highest BCUT2D eigenvalue weighted by atomic mass is 32.2. The standard InChI is InChI=1S/C14H26N2OS/c1-2-18-13-7-3-4-9-16(11-13)14(17)10-12-6-5-8-15-12/h12-13,15H,2-11H2,1H3. The minimum Gasteiger partial charge on any atom is -0.342 e. The zero-order valence-corrected chi connectivity index (χ0v) is 12.3. The van der Waals surface area contributed by atoms with Crippen LogP contribution in [0.5, 0.6) is 0 Å². The van der Waals surface area contributed by atoms with Crippen molar-refractivity contribution in [3.63, 3.8) is 0 Å². The normalized spacial score (nSPS) is 29.3. The molecule has 0 bridgehead atoms. The first-order valence-electron chi connectivity index (χ1n) is 7.42. The number of thioether (sulfide) groups is 1. The van der Waals surface area contributed by atoms with Gasteiger partial charge in [-0.2, -0.15) is 11.8 Å². The van der Waals surface area contributed by atoms with E-state index in [0.717, 1.165) is 25.4 Å². The average molecular weight is 270 g/mol. The first kappa shape index (κ1) is 14.2. The van der Waals surface area contributed by atoms with Crippen molar-refractivity contribution >= 4 is 17.7 Å². The molecule has 0 radical (unpaired) electrons. The fourth-order valence-electron chi connectivity index (χ4n) is 2.97. The molecule has 1 amide bonds. The van der Waals surface area contributed by atoms with Gasteiger partial charge < -0.3 is 10.2 Å². The third kappa shape index (κ3) is 4.16. The molecule has 2 heterocycles. The van der Waals surface area contributed by atoms with Gasteiger partial charge >= 0.3 is 0 Å². The molecule has 0 aromatic rings. The summed E-state index contributed by atoms with van der Waals surface area (Å²) in [6.07, 6.45) is 6.86. The Labute approximate surface area is 115 Å². The van der Waals surface area contributed by atoms with Gasteiger partial charge in [0.05, 0.1) is 0 Å². The van der Waals surface area contributed by atoms with Crippen molar-refractivity contribution in [2.45, 2.75) is 56.7 Å². The zero-order valence-electron chi connectivity index (χ0n) is 11.5. The molecule has 2 unspecified atom stereocenters. The Morgan fingerprint density at radius 3 is 2.94 bits per heavy atom. The number of nitrogens with zero attached hydrogens (tertiary/aromatic N) is 1. The van der Waals surface area contributed by atoms with Crippen LogP contribution >= 0.6 is 11.8 Å². The highest BCUT2D eigenvalue weighted by Crippen LogP contribution is 2.23. The predicted octanol–water partition coefficient (Wildman–Crippen LogP) is 2.26. The second kappa shape index (κ2) is 7.39. The Balaban J connectivity index is 1.82. The lowest BCUT2D eigenvalue weighted by atomic mass is 10.1. The highest BCUT2D eigenvalue weighted by Gasteiger charge is 2.25. The quantitative estimate of drug-likeness (QED) is 0.850. The maximum absolute atomic E-state index is 12.3. The summed E-state index contributed by atoms with van der Waals surface area (Å²) in [5, 5.41) is 4.09. The van der Waals surface area contributed by atoms with Crippen LogP contribution in [0.3, 0.4) is 0 Å². The maximum Gasteiger partial charge on any atom is 0.224 e. The van der Waals surface area contributed by atoms with Crippen molar-refractivity contribution < 1.29 is 4.79 Å². The summed E-state index contributed by atoms with van der Waals surface area (Å²) in [7, 11) is 0. The summed E-state index contributed by atoms with van der Waals surface area (Å²) in [4.78, 5) is 14.5. The lowest BCUT2D eigenvalue weighted by molar-refractivity contribution is -0.131. The van der Waals surface area contributed by atoms with Gasteiger partial charge in [0.1, 0.15) is 0 Å². The number of nitrogens with one attached hydrogen (secondary N) is 1. The summed E-state index contributed by atoms with van der Waals surface area (Å²) in [5.74, 6) is 1.54. The van der Waals surface area contributed by atoms with Gasteiger partial charge in [-0.15, -0.1) is 0 Å². The van der Waals surface area contributed by atoms with Crippen LogP contribution in [0.2, 0.25) is 0 Å². The van der Waals surface area contributed by atoms with Crippen molar-refractivity contribution in [1.82, 2.24) is 10.2 Å². The lowest BCUT2D eigenvalue weighted by Gasteiger charge is -2.25. The van der Waals surface area contributed by atoms with E-state index in [1.807, 2.05) is 11.8 Å². The largest absolute Gasteiger partial charge is 0.342 e. The van der Waals surface area contributed by atoms with Crippen molar-refractivity contribution in [1.29, 1.82) is 0 Å². The topological polar surface area (TPSA) is 32.3 Å². The Bertz CT molecular complexity index is 267. The Morgan fingerprint density at radius 2 is 2.22 bits per heavy atom. The molecule has 2 saturated heterocycles. The number of likely N-dealkylation sites (tertiary alicyclic amines) is 1. The van der Waals surface area contributed by atoms with Crippen LogP contribution in [0.1, 0.15) is 45.4 Å². The number of hydrogen-bond acceptors (Lipinski definition) is 3. The minimum absolute atomic E-state index is 0.373. The van der Waals surface area contributed by atoms with Crippen LogP contribution in [0.25, 0.3) is 0 Å². The third-order valence-corrected chi connectivity index (χ3v) is 5.16. The summed E-state index contributed by atoms with van der Waals surface area (Å²) < 4.78 is 0. The second-order valence-electron chi connectivity index (χ2n) is 5.41. The van der Waals surface area contributed by atoms with E-state index in [1.54, 1.807) is 0 Å². The predicted molar refractivity (Wildman–Crippen MR) is 78.0 cm³/mol. The first-order chi connectivity index (χ1) is 8.79. The van der Waals surface area contributed by atoms with E-state index >= 15 is 0 Å². The molecule has 3 nitrogen and oxygen atoms in total. The fraction of sp³-hybridized carbons (Fsp3) is 0.929. The molecule has 2 aliphatic heterocycles. The van der Waals surface area contributed by atoms with Gasteiger partial charge in [0.15, 0.2) is 0 Å². The van der Waals surface area contributed by atoms with E-state index in [2.05, 4.69) is 17.1 Å². The number of amides is 1. The van der Waals surface area contributed by atoms with E-state index in [-0.39, 0.29) is 0 Å². The molecule has 0 spiro atoms. The Hall–Kier alpha value is -0.220. The van der Waals surface area contributed by atoms with Crippen molar-refractivity contribution in [2.75, 3.05) is 25.4 Å². The average Bonchev–Trinajstić information content (AvgIpc) is 2.74. The van der Waals surface area contributed by atoms with Gasteiger partial charge in [0.2, 0.25) is 5.91 Å². The van der Waals surface area contributed by atoms with Gasteiger partial charge in [-0.1, -0.05) is 13.3 Å². The van der Waals surface area contributed by atoms with Crippen molar-refractivity contribution in [3.8, 4) is 0 Å². The number of carbonyl (C=O) groups excluding carboxylic acids is 1. The van der Waals surface area contributed by atoms with E-state index in [4.69, 9.17) is 0 Å². The van der Waals surface area contributed by atoms with E-state index in [0.29, 0.717) is 23.6 Å². The molecular weight excluding hydrogens is 244 g/mol. The van der Waals surface area contributed by atoms with E-state index < -0.39 is 0 Å². The van der Waals surface area contributed by atoms with E-state index in [1.165, 1.54) is 32.1 Å². The second-order valence-corrected chi connectivity index (χ2v) is 6.99. The van der Waals surface area contributed by atoms with Crippen molar-refractivity contribution in [3.05, 3.63) is 0 Å². The highest BCUT2D eigenvalue weighted by molar-refractivity contribution is 7.99. The lowest BCUT2D eigenvalue weighted by Crippen LogP contribution is -2.39. The van der Waals surface area contributed by atoms with E-state index in [9.17, 15) is 4.79 Å². The molecule has 2 fully saturated rings.